The van der Waals surface area contributed by atoms with Crippen LogP contribution in [0.3, 0.4) is 0 Å². The summed E-state index contributed by atoms with van der Waals surface area (Å²) in [7, 11) is 0. The van der Waals surface area contributed by atoms with Crippen molar-refractivity contribution in [2.75, 3.05) is 6.61 Å². The topological polar surface area (TPSA) is 81.4 Å². The lowest BCUT2D eigenvalue weighted by Gasteiger charge is -2.13. The lowest BCUT2D eigenvalue weighted by molar-refractivity contribution is 0.0527. The molecule has 0 spiro atoms. The van der Waals surface area contributed by atoms with Gasteiger partial charge >= 0.3 is 5.97 Å². The molecule has 0 saturated heterocycles. The number of thiophene rings is 1. The maximum absolute atomic E-state index is 12.7. The van der Waals surface area contributed by atoms with Gasteiger partial charge in [-0.2, -0.15) is 0 Å². The van der Waals surface area contributed by atoms with E-state index in [1.165, 1.54) is 10.6 Å². The quantitative estimate of drug-likeness (QED) is 0.511. The molecular weight excluding hydrogens is 388 g/mol. The first-order valence-corrected chi connectivity index (χ1v) is 9.92. The Labute approximate surface area is 170 Å². The first kappa shape index (κ1) is 19.0. The molecule has 1 unspecified atom stereocenters. The number of benzene rings is 1. The molecule has 0 aliphatic heterocycles. The fourth-order valence-corrected chi connectivity index (χ4v) is 4.49. The van der Waals surface area contributed by atoms with Crippen molar-refractivity contribution < 1.29 is 14.6 Å². The van der Waals surface area contributed by atoms with Crippen LogP contribution in [0.25, 0.3) is 15.9 Å². The largest absolute Gasteiger partial charge is 0.462 e. The molecule has 3 heterocycles. The molecule has 29 heavy (non-hydrogen) atoms. The highest BCUT2D eigenvalue weighted by molar-refractivity contribution is 7.20. The molecule has 6 nitrogen and oxygen atoms in total. The zero-order chi connectivity index (χ0) is 20.4. The molecule has 0 amide bonds. The molecule has 4 rings (SSSR count). The lowest BCUT2D eigenvalue weighted by Crippen LogP contribution is -2.16. The number of fused-ring (bicyclic) bond motifs is 1. The average molecular weight is 406 g/mol. The van der Waals surface area contributed by atoms with E-state index in [0.29, 0.717) is 27.0 Å². The van der Waals surface area contributed by atoms with Crippen molar-refractivity contribution in [2.24, 2.45) is 0 Å². The molecule has 0 aliphatic carbocycles. The van der Waals surface area contributed by atoms with E-state index >= 15 is 0 Å². The molecule has 0 saturated carbocycles. The first-order valence-electron chi connectivity index (χ1n) is 9.10. The molecule has 146 valence electrons. The zero-order valence-electron chi connectivity index (χ0n) is 15.6. The van der Waals surface area contributed by atoms with Gasteiger partial charge in [0.2, 0.25) is 0 Å². The molecule has 1 aromatic carbocycles. The fourth-order valence-electron chi connectivity index (χ4n) is 3.25. The second-order valence-corrected chi connectivity index (χ2v) is 7.31. The molecule has 1 N–H and O–H groups in total. The van der Waals surface area contributed by atoms with Crippen LogP contribution in [-0.2, 0) is 4.74 Å². The van der Waals surface area contributed by atoms with Gasteiger partial charge in [0.05, 0.1) is 18.5 Å². The van der Waals surface area contributed by atoms with E-state index in [-0.39, 0.29) is 17.0 Å². The van der Waals surface area contributed by atoms with E-state index in [0.717, 1.165) is 11.3 Å². The first-order chi connectivity index (χ1) is 14.1. The summed E-state index contributed by atoms with van der Waals surface area (Å²) in [6.45, 7) is 1.94. The summed E-state index contributed by atoms with van der Waals surface area (Å²) in [6, 6.07) is 15.7. The number of hydrogen-bond acceptors (Lipinski definition) is 6. The Balaban J connectivity index is 2.02. The second kappa shape index (κ2) is 7.98. The van der Waals surface area contributed by atoms with Crippen LogP contribution in [0.15, 0.2) is 71.8 Å². The van der Waals surface area contributed by atoms with Crippen LogP contribution in [-0.4, -0.2) is 27.2 Å². The third-order valence-electron chi connectivity index (χ3n) is 4.53. The Morgan fingerprint density at radius 1 is 1.17 bits per heavy atom. The number of carbonyl (C=O) groups is 1. The number of hydrogen-bond donors (Lipinski definition) is 1. The molecule has 1 atom stereocenters. The maximum atomic E-state index is 12.7. The van der Waals surface area contributed by atoms with E-state index in [4.69, 9.17) is 4.74 Å². The third kappa shape index (κ3) is 3.46. The number of aliphatic hydroxyl groups is 1. The number of esters is 1. The molecule has 0 radical (unpaired) electrons. The molecule has 0 bridgehead atoms. The minimum absolute atomic E-state index is 0.212. The van der Waals surface area contributed by atoms with E-state index in [9.17, 15) is 14.7 Å². The van der Waals surface area contributed by atoms with E-state index in [1.807, 2.05) is 18.2 Å². The standard InChI is InChI=1S/C22H18N2O4S/c1-2-28-22(27)20-18(19(26)14-7-4-3-5-8-14)16-10-11-17(25)24(21(16)29-20)15-9-6-12-23-13-15/h3-13,19,26H,2H2,1H3. The van der Waals surface area contributed by atoms with Crippen molar-refractivity contribution >= 4 is 27.5 Å². The lowest BCUT2D eigenvalue weighted by atomic mass is 9.99. The van der Waals surface area contributed by atoms with Gasteiger partial charge in [-0.3, -0.25) is 14.3 Å². The van der Waals surface area contributed by atoms with Gasteiger partial charge in [-0.15, -0.1) is 11.3 Å². The van der Waals surface area contributed by atoms with Crippen LogP contribution in [0.5, 0.6) is 0 Å². The highest BCUT2D eigenvalue weighted by Crippen LogP contribution is 2.38. The second-order valence-electron chi connectivity index (χ2n) is 6.32. The van der Waals surface area contributed by atoms with Gasteiger partial charge in [0.15, 0.2) is 0 Å². The van der Waals surface area contributed by atoms with Crippen molar-refractivity contribution in [3.05, 3.63) is 93.3 Å². The average Bonchev–Trinajstić information content (AvgIpc) is 3.14. The van der Waals surface area contributed by atoms with Gasteiger partial charge in [0.25, 0.3) is 5.56 Å². The van der Waals surface area contributed by atoms with Crippen LogP contribution in [0.2, 0.25) is 0 Å². The summed E-state index contributed by atoms with van der Waals surface area (Å²) < 4.78 is 6.72. The maximum Gasteiger partial charge on any atom is 0.348 e. The van der Waals surface area contributed by atoms with Crippen molar-refractivity contribution in [2.45, 2.75) is 13.0 Å². The van der Waals surface area contributed by atoms with Crippen molar-refractivity contribution in [1.82, 2.24) is 9.55 Å². The van der Waals surface area contributed by atoms with Crippen molar-refractivity contribution in [3.63, 3.8) is 0 Å². The smallest absolute Gasteiger partial charge is 0.348 e. The minimum Gasteiger partial charge on any atom is -0.462 e. The normalized spacial score (nSPS) is 12.1. The summed E-state index contributed by atoms with van der Waals surface area (Å²) in [6.07, 6.45) is 2.17. The van der Waals surface area contributed by atoms with Gasteiger partial charge in [0.1, 0.15) is 15.8 Å². The number of carbonyl (C=O) groups excluding carboxylic acids is 1. The summed E-state index contributed by atoms with van der Waals surface area (Å²) in [5.74, 6) is -0.524. The number of nitrogens with zero attached hydrogens (tertiary/aromatic N) is 2. The Kier molecular flexibility index (Phi) is 5.24. The van der Waals surface area contributed by atoms with E-state index in [2.05, 4.69) is 4.98 Å². The van der Waals surface area contributed by atoms with E-state index < -0.39 is 12.1 Å². The van der Waals surface area contributed by atoms with Crippen LogP contribution < -0.4 is 5.56 Å². The highest BCUT2D eigenvalue weighted by Gasteiger charge is 2.27. The number of aliphatic hydroxyl groups excluding tert-OH is 1. The van der Waals surface area contributed by atoms with Gasteiger partial charge in [0, 0.05) is 23.2 Å². The van der Waals surface area contributed by atoms with Crippen LogP contribution in [0.4, 0.5) is 0 Å². The van der Waals surface area contributed by atoms with Crippen LogP contribution in [0.1, 0.15) is 33.8 Å². The predicted molar refractivity (Wildman–Crippen MR) is 112 cm³/mol. The Hall–Kier alpha value is -3.29. The monoisotopic (exact) mass is 406 g/mol. The van der Waals surface area contributed by atoms with Crippen LogP contribution in [0, 0.1) is 0 Å². The Bertz CT molecular complexity index is 1220. The third-order valence-corrected chi connectivity index (χ3v) is 5.72. The molecule has 3 aromatic heterocycles. The summed E-state index contributed by atoms with van der Waals surface area (Å²) >= 11 is 1.13. The van der Waals surface area contributed by atoms with Crippen LogP contribution >= 0.6 is 11.3 Å². The van der Waals surface area contributed by atoms with Crippen molar-refractivity contribution in [1.29, 1.82) is 0 Å². The molecule has 0 fully saturated rings. The number of ether oxygens (including phenoxy) is 1. The number of pyridine rings is 2. The summed E-state index contributed by atoms with van der Waals surface area (Å²) in [5.41, 5.74) is 1.42. The Morgan fingerprint density at radius 3 is 2.66 bits per heavy atom. The molecular formula is C22H18N2O4S. The van der Waals surface area contributed by atoms with Gasteiger partial charge < -0.3 is 9.84 Å². The Morgan fingerprint density at radius 2 is 1.97 bits per heavy atom. The van der Waals surface area contributed by atoms with Crippen molar-refractivity contribution in [3.8, 4) is 5.69 Å². The number of rotatable bonds is 5. The fraction of sp³-hybridized carbons (Fsp3) is 0.136. The number of aromatic nitrogens is 2. The summed E-state index contributed by atoms with van der Waals surface area (Å²) in [5, 5.41) is 11.7. The molecule has 0 aliphatic rings. The SMILES string of the molecule is CCOC(=O)c1sc2c(ccc(=O)n2-c2cccnc2)c1C(O)c1ccccc1. The molecule has 4 aromatic rings. The minimum atomic E-state index is -1.04. The summed E-state index contributed by atoms with van der Waals surface area (Å²) in [4.78, 5) is 30.3. The highest BCUT2D eigenvalue weighted by atomic mass is 32.1. The molecule has 7 heteroatoms. The van der Waals surface area contributed by atoms with Gasteiger partial charge in [-0.05, 0) is 30.7 Å². The van der Waals surface area contributed by atoms with Gasteiger partial charge in [-0.1, -0.05) is 30.3 Å². The van der Waals surface area contributed by atoms with Gasteiger partial charge in [-0.25, -0.2) is 4.79 Å². The predicted octanol–water partition coefficient (Wildman–Crippen LogP) is 3.71. The zero-order valence-corrected chi connectivity index (χ0v) is 16.4. The van der Waals surface area contributed by atoms with E-state index in [1.54, 1.807) is 49.6 Å².